The fourth-order valence-electron chi connectivity index (χ4n) is 1.01. The quantitative estimate of drug-likeness (QED) is 0.619. The molecule has 1 aromatic carbocycles. The summed E-state index contributed by atoms with van der Waals surface area (Å²) in [5.74, 6) is 0. The van der Waals surface area contributed by atoms with Gasteiger partial charge in [-0.1, -0.05) is 0 Å². The first-order valence-electron chi connectivity index (χ1n) is 3.53. The highest BCUT2D eigenvalue weighted by Gasteiger charge is 2.20. The Morgan fingerprint density at radius 1 is 1.47 bits per heavy atom. The van der Waals surface area contributed by atoms with Crippen molar-refractivity contribution in [3.05, 3.63) is 27.7 Å². The molecule has 15 heavy (non-hydrogen) atoms. The Morgan fingerprint density at radius 3 is 2.47 bits per heavy atom. The molecule has 0 atom stereocenters. The first-order chi connectivity index (χ1) is 6.90. The molecule has 0 radical (unpaired) electrons. The monoisotopic (exact) mass is 307 g/mol. The number of rotatable bonds is 2. The van der Waals surface area contributed by atoms with Crippen LogP contribution in [0.1, 0.15) is 15.9 Å². The number of hydrogen-bond donors (Lipinski definition) is 0. The first-order valence-corrected chi connectivity index (χ1v) is 6.64. The van der Waals surface area contributed by atoms with Crippen LogP contribution in [0, 0.1) is 11.3 Å². The highest BCUT2D eigenvalue weighted by molar-refractivity contribution is 9.10. The van der Waals surface area contributed by atoms with Crippen LogP contribution in [-0.4, -0.2) is 14.7 Å². The number of benzene rings is 1. The summed E-state index contributed by atoms with van der Waals surface area (Å²) in [5, 5.41) is 8.72. The molecule has 0 amide bonds. The third-order valence-corrected chi connectivity index (χ3v) is 3.84. The molecule has 0 aliphatic heterocycles. The van der Waals surface area contributed by atoms with Crippen LogP contribution < -0.4 is 0 Å². The van der Waals surface area contributed by atoms with Gasteiger partial charge >= 0.3 is 0 Å². The normalized spacial score (nSPS) is 10.7. The van der Waals surface area contributed by atoms with Crippen LogP contribution >= 0.6 is 26.6 Å². The third kappa shape index (κ3) is 2.56. The summed E-state index contributed by atoms with van der Waals surface area (Å²) in [7, 11) is 1.13. The van der Waals surface area contributed by atoms with Crippen molar-refractivity contribution in [2.24, 2.45) is 0 Å². The van der Waals surface area contributed by atoms with Crippen molar-refractivity contribution < 1.29 is 13.2 Å². The molecule has 7 heteroatoms. The molecular weight excluding hydrogens is 306 g/mol. The second-order valence-electron chi connectivity index (χ2n) is 2.55. The van der Waals surface area contributed by atoms with E-state index in [4.69, 9.17) is 15.9 Å². The van der Waals surface area contributed by atoms with E-state index >= 15 is 0 Å². The van der Waals surface area contributed by atoms with Crippen LogP contribution in [0.15, 0.2) is 21.5 Å². The molecule has 78 valence electrons. The van der Waals surface area contributed by atoms with Gasteiger partial charge in [-0.2, -0.15) is 5.26 Å². The molecule has 0 heterocycles. The number of nitriles is 1. The van der Waals surface area contributed by atoms with E-state index in [1.54, 1.807) is 6.07 Å². The van der Waals surface area contributed by atoms with Crippen molar-refractivity contribution in [1.29, 1.82) is 5.26 Å². The number of carbonyl (C=O) groups excluding carboxylic acids is 1. The summed E-state index contributed by atoms with van der Waals surface area (Å²) >= 11 is 2.94. The maximum atomic E-state index is 11.1. The Kier molecular flexibility index (Phi) is 3.50. The van der Waals surface area contributed by atoms with E-state index in [2.05, 4.69) is 15.9 Å². The lowest BCUT2D eigenvalue weighted by Crippen LogP contribution is -1.98. The van der Waals surface area contributed by atoms with Crippen LogP contribution in [0.4, 0.5) is 0 Å². The van der Waals surface area contributed by atoms with Crippen LogP contribution in [0.3, 0.4) is 0 Å². The Bertz CT molecular complexity index is 562. The molecule has 0 unspecified atom stereocenters. The van der Waals surface area contributed by atoms with Gasteiger partial charge in [-0.25, -0.2) is 8.42 Å². The van der Waals surface area contributed by atoms with Gasteiger partial charge in [0.1, 0.15) is 17.3 Å². The molecule has 0 aromatic heterocycles. The largest absolute Gasteiger partial charge is 0.298 e. The van der Waals surface area contributed by atoms with Crippen molar-refractivity contribution >= 4 is 41.9 Å². The van der Waals surface area contributed by atoms with E-state index in [0.717, 1.165) is 6.07 Å². The zero-order valence-electron chi connectivity index (χ0n) is 7.07. The Hall–Kier alpha value is -0.900. The molecule has 0 fully saturated rings. The highest BCUT2D eigenvalue weighted by Crippen LogP contribution is 2.29. The van der Waals surface area contributed by atoms with Gasteiger partial charge < -0.3 is 0 Å². The molecule has 0 N–H and O–H groups in total. The SMILES string of the molecule is N#Cc1cc(C=O)cc(Br)c1S(=O)(=O)Cl. The molecule has 0 saturated carbocycles. The molecule has 1 rings (SSSR count). The average Bonchev–Trinajstić information content (AvgIpc) is 2.14. The molecule has 1 aromatic rings. The standard InChI is InChI=1S/C8H3BrClNO3S/c9-7-2-5(4-12)1-6(3-11)8(7)15(10,13)14/h1-2,4H. The summed E-state index contributed by atoms with van der Waals surface area (Å²) < 4.78 is 22.4. The Labute approximate surface area is 99.0 Å². The zero-order chi connectivity index (χ0) is 11.6. The molecule has 0 bridgehead atoms. The number of halogens is 2. The minimum atomic E-state index is -4.01. The van der Waals surface area contributed by atoms with Gasteiger partial charge in [0.25, 0.3) is 9.05 Å². The maximum absolute atomic E-state index is 11.1. The number of nitrogens with zero attached hydrogens (tertiary/aromatic N) is 1. The predicted molar refractivity (Wildman–Crippen MR) is 57.3 cm³/mol. The Balaban J connectivity index is 3.69. The van der Waals surface area contributed by atoms with Gasteiger partial charge in [-0.15, -0.1) is 0 Å². The van der Waals surface area contributed by atoms with Crippen LogP contribution in [0.25, 0.3) is 0 Å². The smallest absolute Gasteiger partial charge is 0.263 e. The second-order valence-corrected chi connectivity index (χ2v) is 5.90. The van der Waals surface area contributed by atoms with Gasteiger partial charge in [-0.3, -0.25) is 4.79 Å². The van der Waals surface area contributed by atoms with E-state index in [0.29, 0.717) is 6.29 Å². The average molecular weight is 309 g/mol. The molecule has 0 aliphatic rings. The first kappa shape index (κ1) is 12.2. The molecule has 4 nitrogen and oxygen atoms in total. The summed E-state index contributed by atoms with van der Waals surface area (Å²) in [6, 6.07) is 4.11. The van der Waals surface area contributed by atoms with Crippen LogP contribution in [0.2, 0.25) is 0 Å². The van der Waals surface area contributed by atoms with Gasteiger partial charge in [-0.05, 0) is 28.1 Å². The van der Waals surface area contributed by atoms with Crippen molar-refractivity contribution in [3.8, 4) is 6.07 Å². The summed E-state index contributed by atoms with van der Waals surface area (Å²) in [6.07, 6.45) is 0.510. The molecular formula is C8H3BrClNO3S. The Morgan fingerprint density at radius 2 is 2.07 bits per heavy atom. The van der Waals surface area contributed by atoms with Gasteiger partial charge in [0.05, 0.1) is 5.56 Å². The van der Waals surface area contributed by atoms with Crippen molar-refractivity contribution in [1.82, 2.24) is 0 Å². The fraction of sp³-hybridized carbons (Fsp3) is 0. The lowest BCUT2D eigenvalue weighted by molar-refractivity contribution is 0.112. The minimum Gasteiger partial charge on any atom is -0.298 e. The predicted octanol–water partition coefficient (Wildman–Crippen LogP) is 2.06. The third-order valence-electron chi connectivity index (χ3n) is 1.57. The summed E-state index contributed by atoms with van der Waals surface area (Å²) in [5.41, 5.74) is 0.0315. The maximum Gasteiger partial charge on any atom is 0.263 e. The number of aldehydes is 1. The molecule has 0 spiro atoms. The molecule has 0 aliphatic carbocycles. The van der Waals surface area contributed by atoms with E-state index in [9.17, 15) is 13.2 Å². The summed E-state index contributed by atoms with van der Waals surface area (Å²) in [6.45, 7) is 0. The molecule has 0 saturated heterocycles. The van der Waals surface area contributed by atoms with Gasteiger partial charge in [0.15, 0.2) is 0 Å². The lowest BCUT2D eigenvalue weighted by atomic mass is 10.1. The van der Waals surface area contributed by atoms with E-state index in [1.807, 2.05) is 0 Å². The van der Waals surface area contributed by atoms with Crippen LogP contribution in [0.5, 0.6) is 0 Å². The minimum absolute atomic E-state index is 0.0960. The van der Waals surface area contributed by atoms with Crippen molar-refractivity contribution in [3.63, 3.8) is 0 Å². The second kappa shape index (κ2) is 4.31. The van der Waals surface area contributed by atoms with E-state index in [1.165, 1.54) is 6.07 Å². The zero-order valence-corrected chi connectivity index (χ0v) is 10.2. The van der Waals surface area contributed by atoms with Crippen molar-refractivity contribution in [2.75, 3.05) is 0 Å². The lowest BCUT2D eigenvalue weighted by Gasteiger charge is -2.03. The summed E-state index contributed by atoms with van der Waals surface area (Å²) in [4.78, 5) is 10.2. The van der Waals surface area contributed by atoms with Crippen LogP contribution in [-0.2, 0) is 9.05 Å². The van der Waals surface area contributed by atoms with Gasteiger partial charge in [0.2, 0.25) is 0 Å². The van der Waals surface area contributed by atoms with E-state index < -0.39 is 9.05 Å². The topological polar surface area (TPSA) is 75.0 Å². The van der Waals surface area contributed by atoms with Crippen molar-refractivity contribution in [2.45, 2.75) is 4.90 Å². The fourth-order valence-corrected chi connectivity index (χ4v) is 3.57. The highest BCUT2D eigenvalue weighted by atomic mass is 79.9. The number of carbonyl (C=O) groups is 1. The van der Waals surface area contributed by atoms with Gasteiger partial charge in [0, 0.05) is 20.7 Å². The number of hydrogen-bond acceptors (Lipinski definition) is 4. The van der Waals surface area contributed by atoms with E-state index in [-0.39, 0.29) is 20.5 Å².